The van der Waals surface area contributed by atoms with E-state index in [1.165, 1.54) is 0 Å². The second-order valence-electron chi connectivity index (χ2n) is 4.74. The molecule has 1 aromatic rings. The number of likely N-dealkylation sites (tertiary alicyclic amines) is 1. The molecule has 5 heteroatoms. The monoisotopic (exact) mass is 312 g/mol. The zero-order valence-corrected chi connectivity index (χ0v) is 11.9. The Morgan fingerprint density at radius 3 is 3.06 bits per heavy atom. The van der Waals surface area contributed by atoms with Crippen molar-refractivity contribution < 1.29 is 9.90 Å². The zero-order valence-electron chi connectivity index (χ0n) is 10.3. The molecule has 0 aliphatic carbocycles. The third kappa shape index (κ3) is 3.09. The minimum absolute atomic E-state index is 0.0364. The number of amides is 1. The average molecular weight is 313 g/mol. The molecule has 1 aliphatic heterocycles. The zero-order chi connectivity index (χ0) is 13.1. The first-order valence-electron chi connectivity index (χ1n) is 6.18. The summed E-state index contributed by atoms with van der Waals surface area (Å²) < 4.78 is 0.862. The third-order valence-electron chi connectivity index (χ3n) is 3.20. The van der Waals surface area contributed by atoms with E-state index in [9.17, 15) is 9.90 Å². The summed E-state index contributed by atoms with van der Waals surface area (Å²) >= 11 is 3.30. The Balaban J connectivity index is 2.10. The molecule has 0 spiro atoms. The molecule has 1 saturated heterocycles. The van der Waals surface area contributed by atoms with Crippen LogP contribution in [-0.2, 0) is 0 Å². The standard InChI is InChI=1S/C13H17BrN2O2/c1-9(17)7-11-3-2-6-16(11)13(18)12-5-4-10(14)8-15-12/h4-5,8-9,11,17H,2-3,6-7H2,1H3. The first kappa shape index (κ1) is 13.5. The quantitative estimate of drug-likeness (QED) is 0.931. The molecule has 0 radical (unpaired) electrons. The van der Waals surface area contributed by atoms with E-state index in [1.807, 2.05) is 11.0 Å². The smallest absolute Gasteiger partial charge is 0.272 e. The van der Waals surface area contributed by atoms with Gasteiger partial charge in [0.05, 0.1) is 6.10 Å². The van der Waals surface area contributed by atoms with Crippen LogP contribution in [0.4, 0.5) is 0 Å². The molecular weight excluding hydrogens is 296 g/mol. The fraction of sp³-hybridized carbons (Fsp3) is 0.538. The van der Waals surface area contributed by atoms with E-state index < -0.39 is 0 Å². The number of aliphatic hydroxyl groups is 1. The number of halogens is 1. The van der Waals surface area contributed by atoms with Gasteiger partial charge in [0.1, 0.15) is 5.69 Å². The highest BCUT2D eigenvalue weighted by Crippen LogP contribution is 2.23. The topological polar surface area (TPSA) is 53.4 Å². The summed E-state index contributed by atoms with van der Waals surface area (Å²) in [4.78, 5) is 18.3. The van der Waals surface area contributed by atoms with Gasteiger partial charge in [-0.25, -0.2) is 4.98 Å². The molecule has 0 aromatic carbocycles. The van der Waals surface area contributed by atoms with Crippen LogP contribution in [0, 0.1) is 0 Å². The van der Waals surface area contributed by atoms with Crippen LogP contribution in [0.25, 0.3) is 0 Å². The number of aromatic nitrogens is 1. The number of hydrogen-bond donors (Lipinski definition) is 1. The molecule has 1 aromatic heterocycles. The Morgan fingerprint density at radius 2 is 2.44 bits per heavy atom. The summed E-state index contributed by atoms with van der Waals surface area (Å²) in [5.41, 5.74) is 0.468. The summed E-state index contributed by atoms with van der Waals surface area (Å²) in [6, 6.07) is 3.69. The molecular formula is C13H17BrN2O2. The fourth-order valence-corrected chi connectivity index (χ4v) is 2.63. The number of rotatable bonds is 3. The number of carbonyl (C=O) groups excluding carboxylic acids is 1. The lowest BCUT2D eigenvalue weighted by Gasteiger charge is -2.25. The second kappa shape index (κ2) is 5.80. The normalized spacial score (nSPS) is 21.1. The molecule has 1 aliphatic rings. The molecule has 98 valence electrons. The lowest BCUT2D eigenvalue weighted by atomic mass is 10.1. The van der Waals surface area contributed by atoms with Gasteiger partial charge in [0.15, 0.2) is 0 Å². The van der Waals surface area contributed by atoms with Crippen LogP contribution in [0.15, 0.2) is 22.8 Å². The molecule has 1 N–H and O–H groups in total. The van der Waals surface area contributed by atoms with Gasteiger partial charge in [-0.05, 0) is 54.2 Å². The average Bonchev–Trinajstić information content (AvgIpc) is 2.76. The van der Waals surface area contributed by atoms with Crippen LogP contribution in [0.5, 0.6) is 0 Å². The van der Waals surface area contributed by atoms with Gasteiger partial charge in [0.25, 0.3) is 5.91 Å². The number of pyridine rings is 1. The number of nitrogens with zero attached hydrogens (tertiary/aromatic N) is 2. The van der Waals surface area contributed by atoms with Crippen LogP contribution in [0.2, 0.25) is 0 Å². The maximum absolute atomic E-state index is 12.3. The Hall–Kier alpha value is -0.940. The predicted octanol–water partition coefficient (Wildman–Crippen LogP) is 2.22. The van der Waals surface area contributed by atoms with Crippen molar-refractivity contribution >= 4 is 21.8 Å². The molecule has 2 heterocycles. The van der Waals surface area contributed by atoms with Gasteiger partial charge in [0, 0.05) is 23.3 Å². The summed E-state index contributed by atoms with van der Waals surface area (Å²) in [7, 11) is 0. The van der Waals surface area contributed by atoms with E-state index >= 15 is 0 Å². The van der Waals surface area contributed by atoms with Crippen molar-refractivity contribution in [2.75, 3.05) is 6.54 Å². The maximum atomic E-state index is 12.3. The van der Waals surface area contributed by atoms with E-state index in [2.05, 4.69) is 20.9 Å². The summed E-state index contributed by atoms with van der Waals surface area (Å²) in [5.74, 6) is -0.0364. The van der Waals surface area contributed by atoms with Gasteiger partial charge in [0.2, 0.25) is 0 Å². The van der Waals surface area contributed by atoms with Crippen molar-refractivity contribution in [3.8, 4) is 0 Å². The number of hydrogen-bond acceptors (Lipinski definition) is 3. The van der Waals surface area contributed by atoms with Gasteiger partial charge in [-0.15, -0.1) is 0 Å². The van der Waals surface area contributed by atoms with Gasteiger partial charge < -0.3 is 10.0 Å². The van der Waals surface area contributed by atoms with Crippen LogP contribution in [0.1, 0.15) is 36.7 Å². The van der Waals surface area contributed by atoms with Crippen molar-refractivity contribution in [3.63, 3.8) is 0 Å². The Bertz CT molecular complexity index is 420. The summed E-state index contributed by atoms with van der Waals surface area (Å²) in [5, 5.41) is 9.46. The van der Waals surface area contributed by atoms with Crippen molar-refractivity contribution in [1.82, 2.24) is 9.88 Å². The molecule has 1 amide bonds. The van der Waals surface area contributed by atoms with Crippen LogP contribution >= 0.6 is 15.9 Å². The predicted molar refractivity (Wildman–Crippen MR) is 72.3 cm³/mol. The first-order chi connectivity index (χ1) is 8.58. The van der Waals surface area contributed by atoms with Crippen LogP contribution in [-0.4, -0.2) is 39.6 Å². The number of carbonyl (C=O) groups is 1. The molecule has 2 atom stereocenters. The lowest BCUT2D eigenvalue weighted by Crippen LogP contribution is -2.37. The summed E-state index contributed by atoms with van der Waals surface area (Å²) in [6.45, 7) is 2.52. The third-order valence-corrected chi connectivity index (χ3v) is 3.67. The van der Waals surface area contributed by atoms with Crippen molar-refractivity contribution in [1.29, 1.82) is 0 Å². The van der Waals surface area contributed by atoms with Gasteiger partial charge in [-0.3, -0.25) is 4.79 Å². The highest BCUT2D eigenvalue weighted by molar-refractivity contribution is 9.10. The largest absolute Gasteiger partial charge is 0.393 e. The van der Waals surface area contributed by atoms with Crippen molar-refractivity contribution in [3.05, 3.63) is 28.5 Å². The second-order valence-corrected chi connectivity index (χ2v) is 5.66. The minimum atomic E-state index is -0.374. The van der Waals surface area contributed by atoms with Crippen LogP contribution < -0.4 is 0 Å². The Morgan fingerprint density at radius 1 is 1.67 bits per heavy atom. The van der Waals surface area contributed by atoms with Gasteiger partial charge in [-0.1, -0.05) is 0 Å². The van der Waals surface area contributed by atoms with E-state index in [0.29, 0.717) is 12.1 Å². The lowest BCUT2D eigenvalue weighted by molar-refractivity contribution is 0.0676. The SMILES string of the molecule is CC(O)CC1CCCN1C(=O)c1ccc(Br)cn1. The van der Waals surface area contributed by atoms with E-state index in [-0.39, 0.29) is 18.1 Å². The molecule has 0 saturated carbocycles. The molecule has 4 nitrogen and oxygen atoms in total. The van der Waals surface area contributed by atoms with Gasteiger partial charge in [-0.2, -0.15) is 0 Å². The van der Waals surface area contributed by atoms with E-state index in [0.717, 1.165) is 23.9 Å². The molecule has 0 bridgehead atoms. The Kier molecular flexibility index (Phi) is 4.35. The first-order valence-corrected chi connectivity index (χ1v) is 6.98. The highest BCUT2D eigenvalue weighted by atomic mass is 79.9. The van der Waals surface area contributed by atoms with Crippen LogP contribution in [0.3, 0.4) is 0 Å². The molecule has 1 fully saturated rings. The minimum Gasteiger partial charge on any atom is -0.393 e. The Labute approximate surface area is 115 Å². The highest BCUT2D eigenvalue weighted by Gasteiger charge is 2.30. The molecule has 2 unspecified atom stereocenters. The van der Waals surface area contributed by atoms with E-state index in [1.54, 1.807) is 19.2 Å². The molecule has 2 rings (SSSR count). The van der Waals surface area contributed by atoms with Crippen molar-refractivity contribution in [2.45, 2.75) is 38.3 Å². The van der Waals surface area contributed by atoms with Crippen molar-refractivity contribution in [2.24, 2.45) is 0 Å². The van der Waals surface area contributed by atoms with E-state index in [4.69, 9.17) is 0 Å². The molecule has 18 heavy (non-hydrogen) atoms. The number of aliphatic hydroxyl groups excluding tert-OH is 1. The fourth-order valence-electron chi connectivity index (χ4n) is 2.39. The van der Waals surface area contributed by atoms with Gasteiger partial charge >= 0.3 is 0 Å². The maximum Gasteiger partial charge on any atom is 0.272 e. The summed E-state index contributed by atoms with van der Waals surface area (Å²) in [6.07, 6.45) is 3.86.